The summed E-state index contributed by atoms with van der Waals surface area (Å²) in [5.41, 5.74) is 1.13. The minimum Gasteiger partial charge on any atom is -0.465 e. The van der Waals surface area contributed by atoms with Crippen LogP contribution in [0.3, 0.4) is 0 Å². The molecule has 0 fully saturated rings. The van der Waals surface area contributed by atoms with Crippen molar-refractivity contribution in [3.05, 3.63) is 29.8 Å². The molecule has 5 heteroatoms. The zero-order valence-electron chi connectivity index (χ0n) is 11.5. The molecule has 1 aromatic rings. The lowest BCUT2D eigenvalue weighted by molar-refractivity contribution is -0.116. The van der Waals surface area contributed by atoms with Crippen LogP contribution in [0.25, 0.3) is 0 Å². The number of methoxy groups -OCH3 is 1. The van der Waals surface area contributed by atoms with Crippen molar-refractivity contribution in [1.82, 2.24) is 5.32 Å². The molecule has 0 heterocycles. The van der Waals surface area contributed by atoms with E-state index >= 15 is 0 Å². The molecule has 1 rings (SSSR count). The van der Waals surface area contributed by atoms with Crippen LogP contribution in [-0.4, -0.2) is 31.6 Å². The average molecular weight is 264 g/mol. The minimum absolute atomic E-state index is 0.0565. The Morgan fingerprint density at radius 3 is 2.37 bits per heavy atom. The molecule has 0 aliphatic rings. The maximum absolute atomic E-state index is 11.6. The van der Waals surface area contributed by atoms with Gasteiger partial charge in [0, 0.05) is 24.7 Å². The van der Waals surface area contributed by atoms with Gasteiger partial charge in [0.1, 0.15) is 0 Å². The van der Waals surface area contributed by atoms with Crippen molar-refractivity contribution in [3.8, 4) is 0 Å². The van der Waals surface area contributed by atoms with Crippen LogP contribution in [0.4, 0.5) is 5.69 Å². The van der Waals surface area contributed by atoms with Crippen molar-refractivity contribution in [2.75, 3.05) is 19.0 Å². The molecule has 0 saturated heterocycles. The molecular weight excluding hydrogens is 244 g/mol. The third kappa shape index (κ3) is 5.52. The summed E-state index contributed by atoms with van der Waals surface area (Å²) in [5, 5.41) is 5.94. The van der Waals surface area contributed by atoms with Crippen LogP contribution in [0.15, 0.2) is 24.3 Å². The summed E-state index contributed by atoms with van der Waals surface area (Å²) in [5.74, 6) is -0.446. The molecule has 0 atom stereocenters. The smallest absolute Gasteiger partial charge is 0.337 e. The minimum atomic E-state index is -0.390. The Hall–Kier alpha value is -1.88. The van der Waals surface area contributed by atoms with Crippen molar-refractivity contribution in [2.45, 2.75) is 26.3 Å². The van der Waals surface area contributed by atoms with Crippen LogP contribution >= 0.6 is 0 Å². The van der Waals surface area contributed by atoms with Gasteiger partial charge in [-0.15, -0.1) is 0 Å². The fraction of sp³-hybridized carbons (Fsp3) is 0.429. The maximum Gasteiger partial charge on any atom is 0.337 e. The first-order valence-electron chi connectivity index (χ1n) is 6.24. The molecule has 0 unspecified atom stereocenters. The highest BCUT2D eigenvalue weighted by atomic mass is 16.5. The second-order valence-electron chi connectivity index (χ2n) is 4.48. The first-order chi connectivity index (χ1) is 9.02. The van der Waals surface area contributed by atoms with Crippen LogP contribution < -0.4 is 10.6 Å². The Labute approximate surface area is 113 Å². The second-order valence-corrected chi connectivity index (χ2v) is 4.48. The standard InChI is InChI=1S/C14H20N2O3/c1-10(2)15-9-8-13(17)16-12-6-4-11(5-7-12)14(18)19-3/h4-7,10,15H,8-9H2,1-3H3,(H,16,17). The van der Waals surface area contributed by atoms with E-state index in [0.29, 0.717) is 30.3 Å². The van der Waals surface area contributed by atoms with Gasteiger partial charge in [-0.05, 0) is 24.3 Å². The van der Waals surface area contributed by atoms with Crippen LogP contribution in [-0.2, 0) is 9.53 Å². The zero-order chi connectivity index (χ0) is 14.3. The number of hydrogen-bond acceptors (Lipinski definition) is 4. The third-order valence-electron chi connectivity index (χ3n) is 2.49. The number of anilines is 1. The second kappa shape index (κ2) is 7.53. The summed E-state index contributed by atoms with van der Waals surface area (Å²) in [4.78, 5) is 22.9. The first-order valence-corrected chi connectivity index (χ1v) is 6.24. The number of carbonyl (C=O) groups excluding carboxylic acids is 2. The van der Waals surface area contributed by atoms with Crippen LogP contribution in [0.2, 0.25) is 0 Å². The van der Waals surface area contributed by atoms with E-state index in [2.05, 4.69) is 15.4 Å². The van der Waals surface area contributed by atoms with Crippen molar-refractivity contribution >= 4 is 17.6 Å². The van der Waals surface area contributed by atoms with E-state index in [4.69, 9.17) is 0 Å². The number of esters is 1. The molecule has 0 spiro atoms. The first kappa shape index (κ1) is 15.2. The molecule has 5 nitrogen and oxygen atoms in total. The van der Waals surface area contributed by atoms with Crippen LogP contribution in [0, 0.1) is 0 Å². The molecule has 0 aliphatic heterocycles. The quantitative estimate of drug-likeness (QED) is 0.769. The highest BCUT2D eigenvalue weighted by Crippen LogP contribution is 2.10. The lowest BCUT2D eigenvalue weighted by Crippen LogP contribution is -2.27. The number of hydrogen-bond donors (Lipinski definition) is 2. The van der Waals surface area contributed by atoms with E-state index < -0.39 is 0 Å². The molecule has 0 radical (unpaired) electrons. The van der Waals surface area contributed by atoms with Gasteiger partial charge in [-0.25, -0.2) is 4.79 Å². The van der Waals surface area contributed by atoms with Gasteiger partial charge in [-0.3, -0.25) is 4.79 Å². The van der Waals surface area contributed by atoms with E-state index in [9.17, 15) is 9.59 Å². The molecule has 0 aliphatic carbocycles. The van der Waals surface area contributed by atoms with E-state index in [-0.39, 0.29) is 11.9 Å². The van der Waals surface area contributed by atoms with Crippen molar-refractivity contribution in [1.29, 1.82) is 0 Å². The monoisotopic (exact) mass is 264 g/mol. The summed E-state index contributed by atoms with van der Waals surface area (Å²) < 4.78 is 4.60. The number of nitrogens with one attached hydrogen (secondary N) is 2. The summed E-state index contributed by atoms with van der Waals surface area (Å²) >= 11 is 0. The van der Waals surface area contributed by atoms with E-state index in [1.165, 1.54) is 7.11 Å². The zero-order valence-corrected chi connectivity index (χ0v) is 11.5. The molecule has 0 aromatic heterocycles. The SMILES string of the molecule is COC(=O)c1ccc(NC(=O)CCNC(C)C)cc1. The molecule has 19 heavy (non-hydrogen) atoms. The maximum atomic E-state index is 11.6. The lowest BCUT2D eigenvalue weighted by atomic mass is 10.2. The van der Waals surface area contributed by atoms with Gasteiger partial charge in [-0.2, -0.15) is 0 Å². The fourth-order valence-electron chi connectivity index (χ4n) is 1.51. The Balaban J connectivity index is 2.44. The fourth-order valence-corrected chi connectivity index (χ4v) is 1.51. The summed E-state index contributed by atoms with van der Waals surface area (Å²) in [6.45, 7) is 4.70. The van der Waals surface area contributed by atoms with Gasteiger partial charge < -0.3 is 15.4 Å². The number of rotatable bonds is 6. The van der Waals surface area contributed by atoms with Crippen molar-refractivity contribution in [2.24, 2.45) is 0 Å². The highest BCUT2D eigenvalue weighted by molar-refractivity contribution is 5.93. The van der Waals surface area contributed by atoms with Gasteiger partial charge in [0.25, 0.3) is 0 Å². The van der Waals surface area contributed by atoms with Crippen LogP contribution in [0.1, 0.15) is 30.6 Å². The van der Waals surface area contributed by atoms with Gasteiger partial charge in [0.2, 0.25) is 5.91 Å². The van der Waals surface area contributed by atoms with Crippen molar-refractivity contribution < 1.29 is 14.3 Å². The Bertz CT molecular complexity index is 427. The molecule has 2 N–H and O–H groups in total. The largest absolute Gasteiger partial charge is 0.465 e. The molecule has 1 aromatic carbocycles. The number of ether oxygens (including phenoxy) is 1. The predicted molar refractivity (Wildman–Crippen MR) is 74.2 cm³/mol. The summed E-state index contributed by atoms with van der Waals surface area (Å²) in [6.07, 6.45) is 0.414. The molecule has 0 saturated carbocycles. The van der Waals surface area contributed by atoms with E-state index in [1.54, 1.807) is 24.3 Å². The van der Waals surface area contributed by atoms with Crippen LogP contribution in [0.5, 0.6) is 0 Å². The number of amides is 1. The number of carbonyl (C=O) groups is 2. The van der Waals surface area contributed by atoms with Crippen molar-refractivity contribution in [3.63, 3.8) is 0 Å². The Morgan fingerprint density at radius 1 is 1.21 bits per heavy atom. The topological polar surface area (TPSA) is 67.4 Å². The summed E-state index contributed by atoms with van der Waals surface area (Å²) in [6, 6.07) is 6.97. The predicted octanol–water partition coefficient (Wildman–Crippen LogP) is 1.80. The molecular formula is C14H20N2O3. The van der Waals surface area contributed by atoms with Gasteiger partial charge in [0.15, 0.2) is 0 Å². The summed E-state index contributed by atoms with van der Waals surface area (Å²) in [7, 11) is 1.33. The number of benzene rings is 1. The molecule has 104 valence electrons. The normalized spacial score (nSPS) is 10.3. The Morgan fingerprint density at radius 2 is 1.84 bits per heavy atom. The molecule has 1 amide bonds. The van der Waals surface area contributed by atoms with Gasteiger partial charge in [0.05, 0.1) is 12.7 Å². The van der Waals surface area contributed by atoms with Gasteiger partial charge >= 0.3 is 5.97 Å². The molecule has 0 bridgehead atoms. The van der Waals surface area contributed by atoms with Gasteiger partial charge in [-0.1, -0.05) is 13.8 Å². The lowest BCUT2D eigenvalue weighted by Gasteiger charge is -2.08. The average Bonchev–Trinajstić information content (AvgIpc) is 2.38. The van der Waals surface area contributed by atoms with E-state index in [1.807, 2.05) is 13.8 Å². The van der Waals surface area contributed by atoms with E-state index in [0.717, 1.165) is 0 Å². The third-order valence-corrected chi connectivity index (χ3v) is 2.49. The Kier molecular flexibility index (Phi) is 6.02. The highest BCUT2D eigenvalue weighted by Gasteiger charge is 2.06.